The standard InChI is InChI=1S/C10H13NO3/c1-2-5-11-9(13)8-10(11)14-7-4-3-6-12/h2,10,12H,1,5-8H2. The lowest BCUT2D eigenvalue weighted by Gasteiger charge is -2.38. The number of amides is 1. The topological polar surface area (TPSA) is 49.8 Å². The fraction of sp³-hybridized carbons (Fsp3) is 0.500. The fourth-order valence-corrected chi connectivity index (χ4v) is 1.18. The van der Waals surface area contributed by atoms with E-state index in [0.717, 1.165) is 0 Å². The van der Waals surface area contributed by atoms with Crippen LogP contribution in [-0.4, -0.2) is 41.9 Å². The second kappa shape index (κ2) is 5.43. The van der Waals surface area contributed by atoms with Crippen LogP contribution in [-0.2, 0) is 9.53 Å². The summed E-state index contributed by atoms with van der Waals surface area (Å²) in [5, 5.41) is 8.37. The summed E-state index contributed by atoms with van der Waals surface area (Å²) in [7, 11) is 0. The summed E-state index contributed by atoms with van der Waals surface area (Å²) in [6.45, 7) is 4.14. The highest BCUT2D eigenvalue weighted by Gasteiger charge is 2.35. The zero-order valence-electron chi connectivity index (χ0n) is 7.90. The third-order valence-electron chi connectivity index (χ3n) is 1.89. The van der Waals surface area contributed by atoms with Crippen LogP contribution in [0.15, 0.2) is 12.7 Å². The van der Waals surface area contributed by atoms with Crippen molar-refractivity contribution in [3.8, 4) is 11.8 Å². The Morgan fingerprint density at radius 2 is 2.50 bits per heavy atom. The molecule has 1 aliphatic heterocycles. The Bertz CT molecular complexity index is 277. The molecule has 0 aromatic heterocycles. The smallest absolute Gasteiger partial charge is 0.229 e. The summed E-state index contributed by atoms with van der Waals surface area (Å²) < 4.78 is 5.29. The number of aliphatic hydroxyl groups is 1. The monoisotopic (exact) mass is 195 g/mol. The number of carbonyl (C=O) groups excluding carboxylic acids is 1. The van der Waals surface area contributed by atoms with Crippen LogP contribution in [0.3, 0.4) is 0 Å². The van der Waals surface area contributed by atoms with Crippen molar-refractivity contribution in [2.75, 3.05) is 19.8 Å². The van der Waals surface area contributed by atoms with Gasteiger partial charge in [-0.1, -0.05) is 17.9 Å². The minimum atomic E-state index is -0.173. The number of β-lactam (4-membered cyclic amide) rings is 1. The second-order valence-electron chi connectivity index (χ2n) is 2.82. The number of likely N-dealkylation sites (tertiary alicyclic amines) is 1. The molecule has 0 spiro atoms. The first-order valence-corrected chi connectivity index (χ1v) is 4.38. The highest BCUT2D eigenvalue weighted by molar-refractivity contribution is 5.82. The Balaban J connectivity index is 2.25. The van der Waals surface area contributed by atoms with Gasteiger partial charge in [-0.25, -0.2) is 0 Å². The van der Waals surface area contributed by atoms with Crippen LogP contribution in [0.25, 0.3) is 0 Å². The van der Waals surface area contributed by atoms with Crippen molar-refractivity contribution in [3.63, 3.8) is 0 Å². The number of carbonyl (C=O) groups is 1. The molecule has 0 aromatic carbocycles. The zero-order valence-corrected chi connectivity index (χ0v) is 7.90. The lowest BCUT2D eigenvalue weighted by molar-refractivity contribution is -0.169. The van der Waals surface area contributed by atoms with Crippen molar-refractivity contribution >= 4 is 5.91 Å². The predicted octanol–water partition coefficient (Wildman–Crippen LogP) is -0.257. The van der Waals surface area contributed by atoms with Gasteiger partial charge in [-0.2, -0.15) is 0 Å². The normalized spacial score (nSPS) is 19.6. The molecule has 1 aliphatic rings. The van der Waals surface area contributed by atoms with E-state index in [-0.39, 0.29) is 25.3 Å². The Hall–Kier alpha value is -1.31. The van der Waals surface area contributed by atoms with Gasteiger partial charge in [-0.05, 0) is 0 Å². The van der Waals surface area contributed by atoms with Crippen LogP contribution >= 0.6 is 0 Å². The molecule has 1 N–H and O–H groups in total. The van der Waals surface area contributed by atoms with Crippen molar-refractivity contribution in [2.24, 2.45) is 0 Å². The maximum atomic E-state index is 11.0. The average Bonchev–Trinajstić information content (AvgIpc) is 2.19. The minimum absolute atomic E-state index is 0.0741. The van der Waals surface area contributed by atoms with E-state index in [1.807, 2.05) is 0 Å². The van der Waals surface area contributed by atoms with Crippen LogP contribution in [0.5, 0.6) is 0 Å². The van der Waals surface area contributed by atoms with Gasteiger partial charge in [0.1, 0.15) is 19.4 Å². The fourth-order valence-electron chi connectivity index (χ4n) is 1.18. The van der Waals surface area contributed by atoms with E-state index in [1.165, 1.54) is 0 Å². The van der Waals surface area contributed by atoms with Crippen LogP contribution in [0.2, 0.25) is 0 Å². The van der Waals surface area contributed by atoms with Gasteiger partial charge in [0.05, 0.1) is 6.42 Å². The number of ether oxygens (including phenoxy) is 1. The largest absolute Gasteiger partial charge is 0.384 e. The highest BCUT2D eigenvalue weighted by atomic mass is 16.5. The molecule has 0 aliphatic carbocycles. The molecule has 0 aromatic rings. The minimum Gasteiger partial charge on any atom is -0.384 e. The van der Waals surface area contributed by atoms with Crippen molar-refractivity contribution in [1.82, 2.24) is 4.90 Å². The summed E-state index contributed by atoms with van der Waals surface area (Å²) in [5.74, 6) is 5.17. The van der Waals surface area contributed by atoms with Crippen molar-refractivity contribution in [3.05, 3.63) is 12.7 Å². The summed E-state index contributed by atoms with van der Waals surface area (Å²) in [4.78, 5) is 12.6. The van der Waals surface area contributed by atoms with E-state index in [2.05, 4.69) is 18.4 Å². The molecule has 0 saturated carbocycles. The van der Waals surface area contributed by atoms with Gasteiger partial charge in [0, 0.05) is 6.54 Å². The molecule has 0 bridgehead atoms. The van der Waals surface area contributed by atoms with Crippen molar-refractivity contribution in [1.29, 1.82) is 0 Å². The van der Waals surface area contributed by atoms with E-state index >= 15 is 0 Å². The second-order valence-corrected chi connectivity index (χ2v) is 2.82. The van der Waals surface area contributed by atoms with Gasteiger partial charge >= 0.3 is 0 Å². The summed E-state index contributed by atoms with van der Waals surface area (Å²) >= 11 is 0. The molecule has 14 heavy (non-hydrogen) atoms. The number of hydrogen-bond donors (Lipinski definition) is 1. The van der Waals surface area contributed by atoms with Crippen LogP contribution in [0.1, 0.15) is 6.42 Å². The van der Waals surface area contributed by atoms with Gasteiger partial charge in [0.15, 0.2) is 0 Å². The summed E-state index contributed by atoms with van der Waals surface area (Å²) in [5.41, 5.74) is 0. The van der Waals surface area contributed by atoms with E-state index in [9.17, 15) is 4.79 Å². The van der Waals surface area contributed by atoms with Gasteiger partial charge < -0.3 is 14.7 Å². The van der Waals surface area contributed by atoms with Crippen molar-refractivity contribution in [2.45, 2.75) is 12.6 Å². The predicted molar refractivity (Wildman–Crippen MR) is 51.1 cm³/mol. The molecule has 1 heterocycles. The number of aliphatic hydroxyl groups excluding tert-OH is 1. The Morgan fingerprint density at radius 1 is 1.71 bits per heavy atom. The van der Waals surface area contributed by atoms with E-state index < -0.39 is 0 Å². The molecule has 1 fully saturated rings. The molecule has 1 amide bonds. The molecule has 1 unspecified atom stereocenters. The van der Waals surface area contributed by atoms with E-state index in [0.29, 0.717) is 13.0 Å². The Morgan fingerprint density at radius 3 is 3.07 bits per heavy atom. The Labute approximate surface area is 83.2 Å². The molecule has 1 atom stereocenters. The van der Waals surface area contributed by atoms with E-state index in [4.69, 9.17) is 9.84 Å². The maximum absolute atomic E-state index is 11.0. The number of hydrogen-bond acceptors (Lipinski definition) is 3. The summed E-state index contributed by atoms with van der Waals surface area (Å²) in [6.07, 6.45) is 1.90. The molecule has 76 valence electrons. The number of rotatable bonds is 4. The first kappa shape index (κ1) is 10.8. The molecule has 1 saturated heterocycles. The SMILES string of the molecule is C=CCN1C(=O)CC1OCC#CCO. The molecule has 4 heteroatoms. The van der Waals surface area contributed by atoms with Crippen LogP contribution < -0.4 is 0 Å². The van der Waals surface area contributed by atoms with E-state index in [1.54, 1.807) is 11.0 Å². The van der Waals surface area contributed by atoms with Crippen LogP contribution in [0, 0.1) is 11.8 Å². The average molecular weight is 195 g/mol. The number of nitrogens with zero attached hydrogens (tertiary/aromatic N) is 1. The van der Waals surface area contributed by atoms with Gasteiger partial charge in [0.2, 0.25) is 5.91 Å². The van der Waals surface area contributed by atoms with Gasteiger partial charge in [-0.3, -0.25) is 4.79 Å². The molecule has 1 rings (SSSR count). The molecular formula is C10H13NO3. The highest BCUT2D eigenvalue weighted by Crippen LogP contribution is 2.19. The Kier molecular flexibility index (Phi) is 4.17. The maximum Gasteiger partial charge on any atom is 0.229 e. The zero-order chi connectivity index (χ0) is 10.4. The quantitative estimate of drug-likeness (QED) is 0.382. The molecule has 4 nitrogen and oxygen atoms in total. The summed E-state index contributed by atoms with van der Waals surface area (Å²) in [6, 6.07) is 0. The van der Waals surface area contributed by atoms with Gasteiger partial charge in [-0.15, -0.1) is 6.58 Å². The lowest BCUT2D eigenvalue weighted by atomic mass is 10.1. The first-order valence-electron chi connectivity index (χ1n) is 4.38. The lowest BCUT2D eigenvalue weighted by Crippen LogP contribution is -2.53. The first-order chi connectivity index (χ1) is 6.79. The third-order valence-corrected chi connectivity index (χ3v) is 1.89. The molecule has 0 radical (unpaired) electrons. The van der Waals surface area contributed by atoms with Crippen LogP contribution in [0.4, 0.5) is 0 Å². The van der Waals surface area contributed by atoms with Crippen molar-refractivity contribution < 1.29 is 14.6 Å². The molecular weight excluding hydrogens is 182 g/mol. The van der Waals surface area contributed by atoms with Gasteiger partial charge in [0.25, 0.3) is 0 Å². The third kappa shape index (κ3) is 2.59.